The quantitative estimate of drug-likeness (QED) is 0.779. The van der Waals surface area contributed by atoms with E-state index in [9.17, 15) is 14.4 Å². The van der Waals surface area contributed by atoms with Crippen molar-refractivity contribution in [3.63, 3.8) is 0 Å². The van der Waals surface area contributed by atoms with Crippen molar-refractivity contribution < 1.29 is 19.1 Å². The number of carbonyl (C=O) groups is 3. The van der Waals surface area contributed by atoms with Crippen molar-refractivity contribution >= 4 is 40.8 Å². The van der Waals surface area contributed by atoms with Crippen molar-refractivity contribution in [2.45, 2.75) is 20.3 Å². The van der Waals surface area contributed by atoms with Gasteiger partial charge in [0.05, 0.1) is 16.6 Å². The largest absolute Gasteiger partial charge is 0.455 e. The molecular weight excluding hydrogens is 380 g/mol. The zero-order valence-electron chi connectivity index (χ0n) is 15.7. The van der Waals surface area contributed by atoms with Crippen molar-refractivity contribution in [1.29, 1.82) is 0 Å². The third-order valence-electron chi connectivity index (χ3n) is 4.55. The first kappa shape index (κ1) is 19.9. The average molecular weight is 401 g/mol. The molecule has 0 spiro atoms. The number of anilines is 2. The van der Waals surface area contributed by atoms with E-state index in [-0.39, 0.29) is 18.9 Å². The summed E-state index contributed by atoms with van der Waals surface area (Å²) in [5.41, 5.74) is 3.26. The van der Waals surface area contributed by atoms with Crippen LogP contribution in [-0.4, -0.2) is 30.9 Å². The SMILES string of the molecule is Cc1ccc(N2C[C@@H](C(=O)OCC(=O)Nc3ccc(C)cc3Cl)CC2=O)cc1. The van der Waals surface area contributed by atoms with Crippen LogP contribution in [0.5, 0.6) is 0 Å². The summed E-state index contributed by atoms with van der Waals surface area (Å²) < 4.78 is 5.10. The normalized spacial score (nSPS) is 16.2. The number of benzene rings is 2. The fourth-order valence-corrected chi connectivity index (χ4v) is 3.28. The number of carbonyl (C=O) groups excluding carboxylic acids is 3. The van der Waals surface area contributed by atoms with Gasteiger partial charge in [0.15, 0.2) is 6.61 Å². The summed E-state index contributed by atoms with van der Waals surface area (Å²) in [6, 6.07) is 12.7. The topological polar surface area (TPSA) is 75.7 Å². The maximum atomic E-state index is 12.3. The number of ether oxygens (including phenoxy) is 1. The monoisotopic (exact) mass is 400 g/mol. The molecule has 0 saturated carbocycles. The van der Waals surface area contributed by atoms with E-state index in [0.717, 1.165) is 16.8 Å². The highest BCUT2D eigenvalue weighted by Gasteiger charge is 2.36. The third kappa shape index (κ3) is 4.70. The van der Waals surface area contributed by atoms with Gasteiger partial charge in [-0.3, -0.25) is 14.4 Å². The van der Waals surface area contributed by atoms with E-state index in [4.69, 9.17) is 16.3 Å². The maximum absolute atomic E-state index is 12.3. The molecule has 2 aromatic carbocycles. The Morgan fingerprint density at radius 1 is 1.14 bits per heavy atom. The van der Waals surface area contributed by atoms with Crippen molar-refractivity contribution in [1.82, 2.24) is 0 Å². The molecule has 3 rings (SSSR count). The molecule has 28 heavy (non-hydrogen) atoms. The van der Waals surface area contributed by atoms with Gasteiger partial charge in [-0.05, 0) is 43.7 Å². The summed E-state index contributed by atoms with van der Waals surface area (Å²) in [7, 11) is 0. The molecule has 1 heterocycles. The van der Waals surface area contributed by atoms with Gasteiger partial charge in [-0.25, -0.2) is 0 Å². The molecule has 1 atom stereocenters. The van der Waals surface area contributed by atoms with Gasteiger partial charge in [-0.1, -0.05) is 35.4 Å². The molecule has 2 amide bonds. The van der Waals surface area contributed by atoms with Crippen LogP contribution in [0.25, 0.3) is 0 Å². The molecule has 0 unspecified atom stereocenters. The molecule has 0 radical (unpaired) electrons. The maximum Gasteiger partial charge on any atom is 0.311 e. The second-order valence-corrected chi connectivity index (χ2v) is 7.29. The summed E-state index contributed by atoms with van der Waals surface area (Å²) in [5, 5.41) is 3.02. The highest BCUT2D eigenvalue weighted by Crippen LogP contribution is 2.26. The van der Waals surface area contributed by atoms with Crippen LogP contribution in [-0.2, 0) is 19.1 Å². The second kappa shape index (κ2) is 8.44. The van der Waals surface area contributed by atoms with E-state index in [2.05, 4.69) is 5.32 Å². The van der Waals surface area contributed by atoms with E-state index in [1.165, 1.54) is 0 Å². The van der Waals surface area contributed by atoms with Crippen LogP contribution in [0.3, 0.4) is 0 Å². The smallest absolute Gasteiger partial charge is 0.311 e. The van der Waals surface area contributed by atoms with Gasteiger partial charge >= 0.3 is 5.97 Å². The molecule has 2 aromatic rings. The number of amides is 2. The van der Waals surface area contributed by atoms with Crippen LogP contribution >= 0.6 is 11.6 Å². The molecule has 0 aliphatic carbocycles. The van der Waals surface area contributed by atoms with Crippen LogP contribution in [0.4, 0.5) is 11.4 Å². The third-order valence-corrected chi connectivity index (χ3v) is 4.86. The Hall–Kier alpha value is -2.86. The van der Waals surface area contributed by atoms with Crippen molar-refractivity contribution in [3.8, 4) is 0 Å². The molecule has 1 aliphatic heterocycles. The van der Waals surface area contributed by atoms with E-state index in [1.54, 1.807) is 17.0 Å². The van der Waals surface area contributed by atoms with Crippen LogP contribution in [0.2, 0.25) is 5.02 Å². The minimum atomic E-state index is -0.593. The molecule has 1 saturated heterocycles. The van der Waals surface area contributed by atoms with Crippen LogP contribution < -0.4 is 10.2 Å². The minimum absolute atomic E-state index is 0.0676. The molecule has 0 aromatic heterocycles. The molecule has 1 aliphatic rings. The van der Waals surface area contributed by atoms with Gasteiger partial charge in [-0.15, -0.1) is 0 Å². The first-order valence-corrected chi connectivity index (χ1v) is 9.31. The number of esters is 1. The van der Waals surface area contributed by atoms with Gasteiger partial charge in [-0.2, -0.15) is 0 Å². The number of nitrogens with zero attached hydrogens (tertiary/aromatic N) is 1. The lowest BCUT2D eigenvalue weighted by Crippen LogP contribution is -2.28. The van der Waals surface area contributed by atoms with Crippen LogP contribution in [0.1, 0.15) is 17.5 Å². The Morgan fingerprint density at radius 3 is 2.50 bits per heavy atom. The summed E-state index contributed by atoms with van der Waals surface area (Å²) >= 11 is 6.07. The number of aryl methyl sites for hydroxylation is 2. The van der Waals surface area contributed by atoms with Gasteiger partial charge in [0.2, 0.25) is 5.91 Å². The minimum Gasteiger partial charge on any atom is -0.455 e. The molecular formula is C21H21ClN2O4. The Kier molecular flexibility index (Phi) is 5.99. The predicted octanol–water partition coefficient (Wildman–Crippen LogP) is 3.49. The van der Waals surface area contributed by atoms with E-state index in [1.807, 2.05) is 44.2 Å². The van der Waals surface area contributed by atoms with Crippen molar-refractivity contribution in [2.24, 2.45) is 5.92 Å². The Labute approximate surface area is 168 Å². The zero-order chi connectivity index (χ0) is 20.3. The highest BCUT2D eigenvalue weighted by atomic mass is 35.5. The van der Waals surface area contributed by atoms with Crippen molar-refractivity contribution in [2.75, 3.05) is 23.4 Å². The molecule has 1 fully saturated rings. The molecule has 146 valence electrons. The van der Waals surface area contributed by atoms with Gasteiger partial charge in [0, 0.05) is 18.7 Å². The van der Waals surface area contributed by atoms with Gasteiger partial charge in [0.25, 0.3) is 5.91 Å². The van der Waals surface area contributed by atoms with E-state index in [0.29, 0.717) is 10.7 Å². The second-order valence-electron chi connectivity index (χ2n) is 6.88. The molecule has 7 heteroatoms. The summed E-state index contributed by atoms with van der Waals surface area (Å²) in [4.78, 5) is 38.1. The van der Waals surface area contributed by atoms with Gasteiger partial charge in [0.1, 0.15) is 0 Å². The Bertz CT molecular complexity index is 911. The lowest BCUT2D eigenvalue weighted by Gasteiger charge is -2.16. The van der Waals surface area contributed by atoms with Crippen molar-refractivity contribution in [3.05, 3.63) is 58.6 Å². The van der Waals surface area contributed by atoms with Crippen LogP contribution in [0.15, 0.2) is 42.5 Å². The zero-order valence-corrected chi connectivity index (χ0v) is 16.5. The molecule has 1 N–H and O–H groups in total. The van der Waals surface area contributed by atoms with Crippen LogP contribution in [0, 0.1) is 19.8 Å². The number of hydrogen-bond acceptors (Lipinski definition) is 4. The highest BCUT2D eigenvalue weighted by molar-refractivity contribution is 6.33. The fourth-order valence-electron chi connectivity index (χ4n) is 3.00. The molecule has 0 bridgehead atoms. The van der Waals surface area contributed by atoms with E-state index < -0.39 is 24.4 Å². The lowest BCUT2D eigenvalue weighted by molar-refractivity contribution is -0.151. The number of hydrogen-bond donors (Lipinski definition) is 1. The number of nitrogens with one attached hydrogen (secondary N) is 1. The Morgan fingerprint density at radius 2 is 1.82 bits per heavy atom. The van der Waals surface area contributed by atoms with Gasteiger partial charge < -0.3 is 15.0 Å². The average Bonchev–Trinajstić information content (AvgIpc) is 3.04. The first-order chi connectivity index (χ1) is 13.3. The predicted molar refractivity (Wildman–Crippen MR) is 107 cm³/mol. The van der Waals surface area contributed by atoms with E-state index >= 15 is 0 Å². The summed E-state index contributed by atoms with van der Waals surface area (Å²) in [6.07, 6.45) is 0.0676. The first-order valence-electron chi connectivity index (χ1n) is 8.93. The summed E-state index contributed by atoms with van der Waals surface area (Å²) in [6.45, 7) is 3.66. The number of rotatable bonds is 5. The number of halogens is 1. The Balaban J connectivity index is 1.53. The lowest BCUT2D eigenvalue weighted by atomic mass is 10.1. The molecule has 6 nitrogen and oxygen atoms in total. The summed E-state index contributed by atoms with van der Waals surface area (Å²) in [5.74, 6) is -1.78. The fraction of sp³-hybridized carbons (Fsp3) is 0.286. The standard InChI is InChI=1S/C21H21ClN2O4/c1-13-3-6-16(7-4-13)24-11-15(10-20(24)26)21(27)28-12-19(25)23-18-8-5-14(2)9-17(18)22/h3-9,15H,10-12H2,1-2H3,(H,23,25)/t15-/m0/s1.